The van der Waals surface area contributed by atoms with Gasteiger partial charge >= 0.3 is 11.4 Å². The lowest BCUT2D eigenvalue weighted by atomic mass is 9.96. The molecule has 6 unspecified atom stereocenters. The second-order valence-electron chi connectivity index (χ2n) is 10.1. The number of aldehydes is 1. The number of aromatic amines is 2. The van der Waals surface area contributed by atoms with Crippen LogP contribution in [0.3, 0.4) is 0 Å². The largest absolute Gasteiger partial charge is 0.508 e. The van der Waals surface area contributed by atoms with Gasteiger partial charge < -0.3 is 34.3 Å². The molecule has 3 heterocycles. The van der Waals surface area contributed by atoms with Gasteiger partial charge in [-0.1, -0.05) is 6.92 Å². The van der Waals surface area contributed by atoms with E-state index in [0.717, 1.165) is 6.26 Å². The van der Waals surface area contributed by atoms with Gasteiger partial charge in [-0.15, -0.1) is 0 Å². The molecule has 0 bridgehead atoms. The number of carbonyl (C=O) groups excluding carboxylic acids is 1. The molecule has 5 N–H and O–H groups in total. The van der Waals surface area contributed by atoms with Crippen LogP contribution in [-0.4, -0.2) is 73.2 Å². The second-order valence-corrected chi connectivity index (χ2v) is 12.4. The van der Waals surface area contributed by atoms with E-state index in [4.69, 9.17) is 14.2 Å². The SMILES string of the molecule is CCC(OCC(CO)CCC(C=O)/C(O)=C/OCC1COC(n2cc(I)c(=O)[nH]c2=O)CC1O)n1cc(I)c(=O)[nH]c1=O. The van der Waals surface area contributed by atoms with Crippen molar-refractivity contribution < 1.29 is 34.3 Å². The number of aliphatic hydroxyl groups is 3. The van der Waals surface area contributed by atoms with Gasteiger partial charge in [-0.3, -0.25) is 28.7 Å². The predicted molar refractivity (Wildman–Crippen MR) is 168 cm³/mol. The first kappa shape index (κ1) is 35.2. The third-order valence-electron chi connectivity index (χ3n) is 7.04. The smallest absolute Gasteiger partial charge is 0.330 e. The Morgan fingerprint density at radius 3 is 2.44 bits per heavy atom. The van der Waals surface area contributed by atoms with Crippen molar-refractivity contribution in [3.8, 4) is 0 Å². The summed E-state index contributed by atoms with van der Waals surface area (Å²) in [6.45, 7) is 1.62. The highest BCUT2D eigenvalue weighted by Crippen LogP contribution is 2.27. The molecule has 1 saturated heterocycles. The fourth-order valence-corrected chi connectivity index (χ4v) is 5.30. The van der Waals surface area contributed by atoms with Crippen LogP contribution in [0.25, 0.3) is 0 Å². The topological polar surface area (TPSA) is 215 Å². The van der Waals surface area contributed by atoms with E-state index >= 15 is 0 Å². The number of halogens is 2. The number of ether oxygens (including phenoxy) is 3. The summed E-state index contributed by atoms with van der Waals surface area (Å²) in [5.74, 6) is -2.12. The van der Waals surface area contributed by atoms with Gasteiger partial charge in [-0.05, 0) is 64.4 Å². The first-order valence-electron chi connectivity index (χ1n) is 13.5. The van der Waals surface area contributed by atoms with Crippen molar-refractivity contribution in [2.45, 2.75) is 51.2 Å². The lowest BCUT2D eigenvalue weighted by molar-refractivity contribution is -0.127. The van der Waals surface area contributed by atoms with Crippen LogP contribution in [0.4, 0.5) is 0 Å². The molecule has 0 amide bonds. The van der Waals surface area contributed by atoms with E-state index in [0.29, 0.717) is 26.3 Å². The molecule has 17 heteroatoms. The normalized spacial score (nSPS) is 21.2. The molecule has 1 aliphatic rings. The first-order valence-corrected chi connectivity index (χ1v) is 15.6. The van der Waals surface area contributed by atoms with E-state index in [1.807, 2.05) is 22.6 Å². The summed E-state index contributed by atoms with van der Waals surface area (Å²) < 4.78 is 20.1. The van der Waals surface area contributed by atoms with E-state index in [2.05, 4.69) is 9.97 Å². The maximum Gasteiger partial charge on any atom is 0.330 e. The number of aromatic nitrogens is 4. The Hall–Kier alpha value is -2.33. The van der Waals surface area contributed by atoms with Crippen LogP contribution < -0.4 is 22.5 Å². The van der Waals surface area contributed by atoms with Crippen molar-refractivity contribution in [2.75, 3.05) is 26.4 Å². The number of H-pyrrole nitrogens is 2. The zero-order valence-corrected chi connectivity index (χ0v) is 27.5. The Kier molecular flexibility index (Phi) is 13.6. The summed E-state index contributed by atoms with van der Waals surface area (Å²) in [5.41, 5.74) is -2.26. The van der Waals surface area contributed by atoms with Gasteiger partial charge in [0, 0.05) is 37.3 Å². The third-order valence-corrected chi connectivity index (χ3v) is 8.57. The van der Waals surface area contributed by atoms with Gasteiger partial charge in [0.15, 0.2) is 0 Å². The van der Waals surface area contributed by atoms with E-state index in [-0.39, 0.29) is 45.0 Å². The molecule has 0 saturated carbocycles. The number of nitrogens with zero attached hydrogens (tertiary/aromatic N) is 2. The molecule has 0 spiro atoms. The van der Waals surface area contributed by atoms with Crippen LogP contribution in [0, 0.1) is 24.9 Å². The molecule has 0 aliphatic carbocycles. The lowest BCUT2D eigenvalue weighted by Crippen LogP contribution is -2.42. The number of aliphatic hydroxyl groups excluding tert-OH is 3. The van der Waals surface area contributed by atoms with Gasteiger partial charge in [-0.25, -0.2) is 9.59 Å². The number of allylic oxidation sites excluding steroid dienone is 1. The minimum absolute atomic E-state index is 0.0316. The zero-order valence-electron chi connectivity index (χ0n) is 23.2. The summed E-state index contributed by atoms with van der Waals surface area (Å²) >= 11 is 3.61. The molecule has 0 radical (unpaired) electrons. The number of carbonyl (C=O) groups is 1. The number of hydrogen-bond donors (Lipinski definition) is 5. The van der Waals surface area contributed by atoms with Crippen LogP contribution in [0.2, 0.25) is 0 Å². The molecule has 3 rings (SSSR count). The summed E-state index contributed by atoms with van der Waals surface area (Å²) in [7, 11) is 0. The fraction of sp³-hybridized carbons (Fsp3) is 0.577. The number of hydrogen-bond acceptors (Lipinski definition) is 11. The molecule has 43 heavy (non-hydrogen) atoms. The molecule has 1 aliphatic heterocycles. The van der Waals surface area contributed by atoms with E-state index < -0.39 is 58.8 Å². The monoisotopic (exact) mass is 832 g/mol. The average molecular weight is 832 g/mol. The van der Waals surface area contributed by atoms with Gasteiger partial charge in [0.1, 0.15) is 30.8 Å². The van der Waals surface area contributed by atoms with Crippen molar-refractivity contribution in [2.24, 2.45) is 17.8 Å². The van der Waals surface area contributed by atoms with E-state index in [9.17, 15) is 39.3 Å². The Labute approximate surface area is 272 Å². The molecule has 238 valence electrons. The third kappa shape index (κ3) is 9.58. The average Bonchev–Trinajstić information content (AvgIpc) is 2.97. The molecule has 6 atom stereocenters. The standard InChI is InChI=1S/C26H34I2N4O11/c1-2-21(31-6-17(27)23(37)29-25(31)39)42-10-14(8-33)3-4-15(9-34)20(36)13-41-11-16-12-43-22(5-19(16)35)32-7-18(28)24(38)30-26(32)40/h6-7,9,13-16,19,21-22,33,35-36H,2-5,8,10-12H2,1H3,(H,29,37,39)(H,30,38,40)/b20-13-. The highest BCUT2D eigenvalue weighted by Gasteiger charge is 2.32. The maximum absolute atomic E-state index is 12.2. The Morgan fingerprint density at radius 2 is 1.81 bits per heavy atom. The molecule has 0 aromatic carbocycles. The molecule has 2 aromatic rings. The summed E-state index contributed by atoms with van der Waals surface area (Å²) in [6, 6.07) is 0. The van der Waals surface area contributed by atoms with Gasteiger partial charge in [0.05, 0.1) is 39.0 Å². The molecular formula is C26H34I2N4O11. The van der Waals surface area contributed by atoms with Crippen molar-refractivity contribution in [3.05, 3.63) is 73.2 Å². The Morgan fingerprint density at radius 1 is 1.14 bits per heavy atom. The minimum Gasteiger partial charge on any atom is -0.508 e. The van der Waals surface area contributed by atoms with E-state index in [1.54, 1.807) is 29.5 Å². The first-order chi connectivity index (χ1) is 20.5. The van der Waals surface area contributed by atoms with Crippen LogP contribution in [0.5, 0.6) is 0 Å². The Bertz CT molecular complexity index is 1500. The van der Waals surface area contributed by atoms with Gasteiger partial charge in [0.25, 0.3) is 11.1 Å². The summed E-state index contributed by atoms with van der Waals surface area (Å²) in [4.78, 5) is 63.6. The van der Waals surface area contributed by atoms with Crippen molar-refractivity contribution in [3.63, 3.8) is 0 Å². The maximum atomic E-state index is 12.2. The van der Waals surface area contributed by atoms with Crippen molar-refractivity contribution >= 4 is 51.5 Å². The van der Waals surface area contributed by atoms with Crippen LogP contribution in [0.15, 0.2) is 43.6 Å². The summed E-state index contributed by atoms with van der Waals surface area (Å²) in [5, 5.41) is 30.8. The molecular weight excluding hydrogens is 798 g/mol. The molecule has 2 aromatic heterocycles. The zero-order chi connectivity index (χ0) is 31.7. The highest BCUT2D eigenvalue weighted by atomic mass is 127. The molecule has 15 nitrogen and oxygen atoms in total. The Balaban J connectivity index is 1.49. The minimum atomic E-state index is -0.911. The van der Waals surface area contributed by atoms with Crippen molar-refractivity contribution in [1.29, 1.82) is 0 Å². The van der Waals surface area contributed by atoms with Crippen LogP contribution >= 0.6 is 45.2 Å². The fourth-order valence-electron chi connectivity index (χ4n) is 4.43. The molecule has 1 fully saturated rings. The summed E-state index contributed by atoms with van der Waals surface area (Å²) in [6.07, 6.45) is 3.00. The highest BCUT2D eigenvalue weighted by molar-refractivity contribution is 14.1. The van der Waals surface area contributed by atoms with Crippen LogP contribution in [0.1, 0.15) is 45.1 Å². The van der Waals surface area contributed by atoms with Gasteiger partial charge in [-0.2, -0.15) is 0 Å². The second kappa shape index (κ2) is 16.7. The quantitative estimate of drug-likeness (QED) is 0.0959. The van der Waals surface area contributed by atoms with E-state index in [1.165, 1.54) is 21.5 Å². The predicted octanol–water partition coefficient (Wildman–Crippen LogP) is 0.737. The van der Waals surface area contributed by atoms with Crippen LogP contribution in [-0.2, 0) is 19.0 Å². The van der Waals surface area contributed by atoms with Crippen molar-refractivity contribution in [1.82, 2.24) is 19.1 Å². The lowest BCUT2D eigenvalue weighted by Gasteiger charge is -2.33. The van der Waals surface area contributed by atoms with Gasteiger partial charge in [0.2, 0.25) is 0 Å². The number of nitrogens with one attached hydrogen (secondary N) is 2. The number of rotatable bonds is 15.